The second kappa shape index (κ2) is 10.9. The Morgan fingerprint density at radius 1 is 0.549 bits per heavy atom. The highest BCUT2D eigenvalue weighted by molar-refractivity contribution is 7.26. The molecule has 0 spiro atoms. The van der Waals surface area contributed by atoms with E-state index in [4.69, 9.17) is 32.7 Å². The van der Waals surface area contributed by atoms with Crippen molar-refractivity contribution in [2.24, 2.45) is 0 Å². The molecule has 6 heteroatoms. The van der Waals surface area contributed by atoms with Gasteiger partial charge in [0.25, 0.3) is 0 Å². The summed E-state index contributed by atoms with van der Waals surface area (Å²) in [5.41, 5.74) is -0.0683. The number of thiophene rings is 1. The number of furan rings is 1. The fraction of sp³-hybridized carbons (Fsp3) is 0. The van der Waals surface area contributed by atoms with Crippen LogP contribution in [0.15, 0.2) is 162 Å². The summed E-state index contributed by atoms with van der Waals surface area (Å²) >= 11 is 0.821. The summed E-state index contributed by atoms with van der Waals surface area (Å²) in [6.07, 6.45) is 0. The highest BCUT2D eigenvalue weighted by Crippen LogP contribution is 2.43. The fourth-order valence-electron chi connectivity index (χ4n) is 6.39. The van der Waals surface area contributed by atoms with Crippen LogP contribution in [-0.2, 0) is 0 Å². The number of fused-ring (bicyclic) bond motifs is 10. The molecule has 0 N–H and O–H groups in total. The summed E-state index contributed by atoms with van der Waals surface area (Å²) < 4.78 is 182. The molecule has 0 aliphatic heterocycles. The zero-order valence-electron chi connectivity index (χ0n) is 45.6. The van der Waals surface area contributed by atoms with Crippen molar-refractivity contribution < 1.29 is 31.8 Å². The lowest BCUT2D eigenvalue weighted by molar-refractivity contribution is 0.669. The first-order valence-electron chi connectivity index (χ1n) is 25.3. The average molecular weight is 691 g/mol. The number of nitrogens with zero attached hydrogens (tertiary/aromatic N) is 4. The molecule has 0 aliphatic rings. The van der Waals surface area contributed by atoms with Gasteiger partial charge in [-0.1, -0.05) is 127 Å². The van der Waals surface area contributed by atoms with E-state index in [0.717, 1.165) is 11.3 Å². The Hall–Kier alpha value is -6.63. The molecule has 0 radical (unpaired) electrons. The molecule has 5 nitrogen and oxygen atoms in total. The van der Waals surface area contributed by atoms with Crippen molar-refractivity contribution in [2.45, 2.75) is 0 Å². The van der Waals surface area contributed by atoms with Crippen molar-refractivity contribution in [3.05, 3.63) is 157 Å². The van der Waals surface area contributed by atoms with Crippen molar-refractivity contribution >= 4 is 75.3 Å². The van der Waals surface area contributed by atoms with Crippen LogP contribution in [0, 0.1) is 0 Å². The predicted octanol–water partition coefficient (Wildman–Crippen LogP) is 12.2. The molecule has 0 aliphatic carbocycles. The van der Waals surface area contributed by atoms with Crippen LogP contribution in [-0.4, -0.2) is 19.5 Å². The van der Waals surface area contributed by atoms with Gasteiger partial charge in [0.2, 0.25) is 5.95 Å². The van der Waals surface area contributed by atoms with Gasteiger partial charge in [0.1, 0.15) is 11.2 Å². The molecule has 0 amide bonds. The molecular weight excluding hydrogens is 645 g/mol. The van der Waals surface area contributed by atoms with Crippen LogP contribution in [0.25, 0.3) is 104 Å². The maximum Gasteiger partial charge on any atom is 0.238 e. The highest BCUT2D eigenvalue weighted by atomic mass is 32.1. The minimum atomic E-state index is -0.733. The molecule has 51 heavy (non-hydrogen) atoms. The fourth-order valence-corrected chi connectivity index (χ4v) is 7.50. The summed E-state index contributed by atoms with van der Waals surface area (Å²) in [5, 5.41) is 0.229. The van der Waals surface area contributed by atoms with Crippen LogP contribution < -0.4 is 0 Å². The van der Waals surface area contributed by atoms with Crippen LogP contribution in [0.1, 0.15) is 27.4 Å². The highest BCUT2D eigenvalue weighted by Gasteiger charge is 2.22. The van der Waals surface area contributed by atoms with Crippen molar-refractivity contribution in [2.75, 3.05) is 0 Å². The Morgan fingerprint density at radius 2 is 1.25 bits per heavy atom. The Balaban J connectivity index is 1.29. The third-order valence-electron chi connectivity index (χ3n) is 8.54. The molecule has 4 aromatic heterocycles. The number of para-hydroxylation sites is 1. The number of aromatic nitrogens is 4. The van der Waals surface area contributed by atoms with Crippen LogP contribution in [0.4, 0.5) is 0 Å². The molecule has 0 saturated heterocycles. The molecule has 0 bridgehead atoms. The average Bonchev–Trinajstić information content (AvgIpc) is 4.06. The molecule has 11 rings (SSSR count). The van der Waals surface area contributed by atoms with Crippen LogP contribution in [0.3, 0.4) is 0 Å². The summed E-state index contributed by atoms with van der Waals surface area (Å²) in [6.45, 7) is 0. The largest absolute Gasteiger partial charge is 0.456 e. The Morgan fingerprint density at radius 3 is 2.10 bits per heavy atom. The van der Waals surface area contributed by atoms with Crippen molar-refractivity contribution in [1.82, 2.24) is 19.5 Å². The second-order valence-electron chi connectivity index (χ2n) is 11.3. The van der Waals surface area contributed by atoms with E-state index in [1.54, 1.807) is 30.3 Å². The van der Waals surface area contributed by atoms with Gasteiger partial charge in [-0.2, -0.15) is 9.97 Å². The number of hydrogen-bond donors (Lipinski definition) is 0. The third-order valence-corrected chi connectivity index (χ3v) is 9.65. The van der Waals surface area contributed by atoms with Gasteiger partial charge in [-0.3, -0.25) is 4.57 Å². The van der Waals surface area contributed by atoms with E-state index in [1.807, 2.05) is 0 Å². The Kier molecular flexibility index (Phi) is 3.24. The first kappa shape index (κ1) is 15.1. The van der Waals surface area contributed by atoms with Gasteiger partial charge >= 0.3 is 0 Å². The SMILES string of the molecule is [2H]c1c([2H])c([2H])c(-c2nc(-c3ccc4c(c3)oc3cccc(-c5c([2H])c([2H])c([2H])c([2H])c5[2H])c34)nc(-n3c4c([2H])c([2H])c([2H])c([2H])c4c4c([2H])c([2H])c5c(sc6c([2H])c([2H])c([2H])c([2H])c65)c43)n2)c([2H])c1[2H]. The van der Waals surface area contributed by atoms with Crippen molar-refractivity contribution in [1.29, 1.82) is 0 Å². The molecule has 4 heterocycles. The topological polar surface area (TPSA) is 56.7 Å². The van der Waals surface area contributed by atoms with Crippen LogP contribution in [0.5, 0.6) is 0 Å². The Labute approximate surface area is 323 Å². The summed E-state index contributed by atoms with van der Waals surface area (Å²) in [6, 6.07) is -2.50. The standard InChI is InChI=1S/C45H26N4OS/c1-3-12-27(13-4-1)30-18-11-20-37-40(30)35-23-22-29(26-38(35)50-37)44-46-43(28-14-5-2-6-15-28)47-45(48-44)49-36-19-9-7-16-31(36)33-24-25-34-32-17-8-10-21-39(32)51-42(34)41(33)49/h1-26H/i1D,2D,3D,4D,5D,6D,7D,8D,9D,10D,12D,13D,14D,15D,16D,17D,19D,21D,24D,25D. The minimum absolute atomic E-state index is 0.00721. The Bertz CT molecular complexity index is 4260. The summed E-state index contributed by atoms with van der Waals surface area (Å²) in [7, 11) is 0. The lowest BCUT2D eigenvalue weighted by Gasteiger charge is -2.11. The van der Waals surface area contributed by atoms with E-state index >= 15 is 0 Å². The first-order chi connectivity index (χ1) is 33.6. The van der Waals surface area contributed by atoms with E-state index in [-0.39, 0.29) is 75.7 Å². The second-order valence-corrected chi connectivity index (χ2v) is 12.3. The van der Waals surface area contributed by atoms with E-state index in [0.29, 0.717) is 10.8 Å². The summed E-state index contributed by atoms with van der Waals surface area (Å²) in [5.74, 6) is -1.21. The van der Waals surface area contributed by atoms with Gasteiger partial charge in [-0.05, 0) is 41.4 Å². The van der Waals surface area contributed by atoms with E-state index in [2.05, 4.69) is 9.97 Å². The zero-order valence-corrected chi connectivity index (χ0v) is 26.4. The zero-order chi connectivity index (χ0) is 50.9. The molecular formula is C45H26N4OS. The molecule has 0 fully saturated rings. The van der Waals surface area contributed by atoms with Gasteiger partial charge < -0.3 is 4.42 Å². The van der Waals surface area contributed by atoms with E-state index in [9.17, 15) is 4.11 Å². The third kappa shape index (κ3) is 4.30. The van der Waals surface area contributed by atoms with Crippen molar-refractivity contribution in [3.63, 3.8) is 0 Å². The number of hydrogen-bond acceptors (Lipinski definition) is 5. The lowest BCUT2D eigenvalue weighted by atomic mass is 9.99. The van der Waals surface area contributed by atoms with Gasteiger partial charge in [0.15, 0.2) is 11.6 Å². The molecule has 0 atom stereocenters. The monoisotopic (exact) mass is 690 g/mol. The quantitative estimate of drug-likeness (QED) is 0.184. The lowest BCUT2D eigenvalue weighted by Crippen LogP contribution is -2.06. The minimum Gasteiger partial charge on any atom is -0.456 e. The first-order valence-corrected chi connectivity index (χ1v) is 16.1. The number of rotatable bonds is 4. The summed E-state index contributed by atoms with van der Waals surface area (Å²) in [4.78, 5) is 14.1. The smallest absolute Gasteiger partial charge is 0.238 e. The van der Waals surface area contributed by atoms with Gasteiger partial charge in [-0.15, -0.1) is 11.3 Å². The van der Waals surface area contributed by atoms with E-state index in [1.165, 1.54) is 10.6 Å². The van der Waals surface area contributed by atoms with Gasteiger partial charge in [0.05, 0.1) is 43.1 Å². The van der Waals surface area contributed by atoms with Gasteiger partial charge in [-0.25, -0.2) is 4.98 Å². The van der Waals surface area contributed by atoms with Crippen LogP contribution >= 0.6 is 11.3 Å². The maximum atomic E-state index is 9.42. The predicted molar refractivity (Wildman–Crippen MR) is 211 cm³/mol. The normalized spacial score (nSPS) is 17.4. The van der Waals surface area contributed by atoms with Crippen molar-refractivity contribution in [3.8, 4) is 39.9 Å². The van der Waals surface area contributed by atoms with Crippen LogP contribution in [0.2, 0.25) is 0 Å². The number of benzene rings is 7. The molecule has 0 unspecified atom stereocenters. The molecule has 0 saturated carbocycles. The maximum absolute atomic E-state index is 9.42. The molecule has 11 aromatic rings. The molecule has 238 valence electrons. The van der Waals surface area contributed by atoms with Gasteiger partial charge in [0, 0.05) is 48.1 Å². The molecule has 7 aromatic carbocycles. The van der Waals surface area contributed by atoms with E-state index < -0.39 is 138 Å².